The van der Waals surface area contributed by atoms with Gasteiger partial charge in [0.05, 0.1) is 0 Å². The molecule has 6 nitrogen and oxygen atoms in total. The zero-order valence-corrected chi connectivity index (χ0v) is 14.9. The van der Waals surface area contributed by atoms with Crippen molar-refractivity contribution in [1.29, 1.82) is 0 Å². The number of halogens is 1. The number of hydrogen-bond donors (Lipinski definition) is 1. The largest absolute Gasteiger partial charge is 0.481 e. The zero-order valence-electron chi connectivity index (χ0n) is 14.9. The number of carboxylic acids is 1. The van der Waals surface area contributed by atoms with Crippen molar-refractivity contribution in [2.75, 3.05) is 26.2 Å². The number of hydrogen-bond acceptors (Lipinski definition) is 3. The van der Waals surface area contributed by atoms with Gasteiger partial charge in [-0.05, 0) is 24.3 Å². The molecule has 7 heteroatoms. The summed E-state index contributed by atoms with van der Waals surface area (Å²) in [7, 11) is 1.94. The predicted molar refractivity (Wildman–Crippen MR) is 94.0 cm³/mol. The number of carboxylic acid groups (broad SMARTS) is 1. The summed E-state index contributed by atoms with van der Waals surface area (Å²) in [5.41, 5.74) is 1.09. The lowest BCUT2D eigenvalue weighted by atomic mass is 9.81. The molecule has 2 saturated heterocycles. The Bertz CT molecular complexity index is 909. The first kappa shape index (κ1) is 17.0. The van der Waals surface area contributed by atoms with Crippen molar-refractivity contribution in [2.45, 2.75) is 13.5 Å². The standard InChI is InChI=1S/C19H22FN3O3/c1-12(24)23-8-14-7-22(10-19(14,11-23)18(25)26)9-16-6-13-5-15(20)3-4-17(13)21(16)2/h3-6,14H,7-11H2,1-2H3,(H,25,26)/t14-,19-/m1/s1. The molecular formula is C19H22FN3O3. The number of carbonyl (C=O) groups is 2. The molecule has 0 radical (unpaired) electrons. The van der Waals surface area contributed by atoms with Gasteiger partial charge in [0, 0.05) is 69.2 Å². The van der Waals surface area contributed by atoms with Crippen LogP contribution in [0.25, 0.3) is 10.9 Å². The van der Waals surface area contributed by atoms with Gasteiger partial charge in [0.2, 0.25) is 5.91 Å². The number of benzene rings is 1. The van der Waals surface area contributed by atoms with Crippen LogP contribution < -0.4 is 0 Å². The minimum atomic E-state index is -0.887. The number of aromatic nitrogens is 1. The van der Waals surface area contributed by atoms with Crippen LogP contribution in [-0.2, 0) is 23.2 Å². The van der Waals surface area contributed by atoms with Gasteiger partial charge >= 0.3 is 5.97 Å². The molecular weight excluding hydrogens is 337 g/mol. The first-order valence-corrected chi connectivity index (χ1v) is 8.75. The number of aryl methyl sites for hydroxylation is 1. The number of fused-ring (bicyclic) bond motifs is 2. The minimum absolute atomic E-state index is 0.0592. The highest BCUT2D eigenvalue weighted by molar-refractivity contribution is 5.82. The van der Waals surface area contributed by atoms with Crippen LogP contribution in [0.1, 0.15) is 12.6 Å². The number of likely N-dealkylation sites (tertiary alicyclic amines) is 2. The van der Waals surface area contributed by atoms with Gasteiger partial charge in [0.15, 0.2) is 0 Å². The molecule has 138 valence electrons. The molecule has 3 heterocycles. The topological polar surface area (TPSA) is 65.8 Å². The van der Waals surface area contributed by atoms with Gasteiger partial charge < -0.3 is 14.6 Å². The summed E-state index contributed by atoms with van der Waals surface area (Å²) in [4.78, 5) is 27.5. The van der Waals surface area contributed by atoms with Gasteiger partial charge in [0.25, 0.3) is 0 Å². The first-order chi connectivity index (χ1) is 12.3. The van der Waals surface area contributed by atoms with E-state index in [9.17, 15) is 19.1 Å². The summed E-state index contributed by atoms with van der Waals surface area (Å²) in [5, 5.41) is 10.7. The van der Waals surface area contributed by atoms with Gasteiger partial charge in [-0.1, -0.05) is 0 Å². The molecule has 4 rings (SSSR count). The summed E-state index contributed by atoms with van der Waals surface area (Å²) in [6, 6.07) is 6.68. The maximum atomic E-state index is 13.5. The van der Waals surface area contributed by atoms with Crippen molar-refractivity contribution < 1.29 is 19.1 Å². The Balaban J connectivity index is 1.57. The lowest BCUT2D eigenvalue weighted by molar-refractivity contribution is -0.149. The summed E-state index contributed by atoms with van der Waals surface area (Å²) >= 11 is 0. The third-order valence-electron chi connectivity index (χ3n) is 6.04. The van der Waals surface area contributed by atoms with E-state index in [1.807, 2.05) is 17.7 Å². The monoisotopic (exact) mass is 359 g/mol. The summed E-state index contributed by atoms with van der Waals surface area (Å²) in [5.74, 6) is -1.22. The van der Waals surface area contributed by atoms with Crippen LogP contribution in [0.4, 0.5) is 4.39 Å². The molecule has 2 atom stereocenters. The van der Waals surface area contributed by atoms with Crippen LogP contribution >= 0.6 is 0 Å². The van der Waals surface area contributed by atoms with Gasteiger partial charge in [-0.15, -0.1) is 0 Å². The third-order valence-corrected chi connectivity index (χ3v) is 6.04. The fourth-order valence-corrected chi connectivity index (χ4v) is 4.59. The van der Waals surface area contributed by atoms with E-state index in [0.29, 0.717) is 26.2 Å². The Morgan fingerprint density at radius 3 is 2.69 bits per heavy atom. The summed E-state index contributed by atoms with van der Waals surface area (Å²) < 4.78 is 15.5. The second kappa shape index (κ2) is 5.81. The van der Waals surface area contributed by atoms with Gasteiger partial charge in [-0.3, -0.25) is 14.5 Å². The molecule has 2 aliphatic rings. The number of amides is 1. The maximum absolute atomic E-state index is 13.5. The minimum Gasteiger partial charge on any atom is -0.481 e. The van der Waals surface area contributed by atoms with E-state index < -0.39 is 11.4 Å². The lowest BCUT2D eigenvalue weighted by Crippen LogP contribution is -2.41. The molecule has 1 N–H and O–H groups in total. The van der Waals surface area contributed by atoms with E-state index in [-0.39, 0.29) is 24.2 Å². The van der Waals surface area contributed by atoms with Crippen molar-refractivity contribution in [3.63, 3.8) is 0 Å². The second-order valence-electron chi connectivity index (χ2n) is 7.63. The second-order valence-corrected chi connectivity index (χ2v) is 7.63. The number of aliphatic carboxylic acids is 1. The van der Waals surface area contributed by atoms with E-state index in [1.54, 1.807) is 11.0 Å². The fraction of sp³-hybridized carbons (Fsp3) is 0.474. The van der Waals surface area contributed by atoms with Crippen LogP contribution in [0.15, 0.2) is 24.3 Å². The highest BCUT2D eigenvalue weighted by Crippen LogP contribution is 2.43. The lowest BCUT2D eigenvalue weighted by Gasteiger charge is -2.25. The normalized spacial score (nSPS) is 25.8. The molecule has 1 aromatic heterocycles. The zero-order chi connectivity index (χ0) is 18.6. The molecule has 0 aliphatic carbocycles. The predicted octanol–water partition coefficient (Wildman–Crippen LogP) is 1.68. The number of carbonyl (C=O) groups excluding carboxylic acids is 1. The van der Waals surface area contributed by atoms with Gasteiger partial charge in [-0.2, -0.15) is 0 Å². The van der Waals surface area contributed by atoms with E-state index in [2.05, 4.69) is 4.90 Å². The van der Waals surface area contributed by atoms with Gasteiger partial charge in [-0.25, -0.2) is 4.39 Å². The number of nitrogens with zero attached hydrogens (tertiary/aromatic N) is 3. The first-order valence-electron chi connectivity index (χ1n) is 8.75. The SMILES string of the molecule is CC(=O)N1C[C@H]2CN(Cc3cc4cc(F)ccc4n3C)C[C@@]2(C(=O)O)C1. The summed E-state index contributed by atoms with van der Waals surface area (Å²) in [6.45, 7) is 3.94. The molecule has 2 aromatic rings. The molecule has 2 aliphatic heterocycles. The number of rotatable bonds is 3. The van der Waals surface area contributed by atoms with Crippen molar-refractivity contribution in [2.24, 2.45) is 18.4 Å². The van der Waals surface area contributed by atoms with Crippen molar-refractivity contribution >= 4 is 22.8 Å². The Hall–Kier alpha value is -2.41. The molecule has 26 heavy (non-hydrogen) atoms. The van der Waals surface area contributed by atoms with Crippen molar-refractivity contribution in [1.82, 2.24) is 14.4 Å². The highest BCUT2D eigenvalue weighted by atomic mass is 19.1. The molecule has 0 saturated carbocycles. The molecule has 0 spiro atoms. The van der Waals surface area contributed by atoms with Crippen LogP contribution in [0.5, 0.6) is 0 Å². The van der Waals surface area contributed by atoms with Crippen LogP contribution in [0, 0.1) is 17.2 Å². The Labute approximate surface area is 150 Å². The van der Waals surface area contributed by atoms with E-state index in [1.165, 1.54) is 19.1 Å². The molecule has 1 amide bonds. The Morgan fingerprint density at radius 1 is 1.27 bits per heavy atom. The Kier molecular flexibility index (Phi) is 3.80. The molecule has 0 unspecified atom stereocenters. The average molecular weight is 359 g/mol. The Morgan fingerprint density at radius 2 is 2.04 bits per heavy atom. The fourth-order valence-electron chi connectivity index (χ4n) is 4.59. The molecule has 1 aromatic carbocycles. The molecule has 2 fully saturated rings. The van der Waals surface area contributed by atoms with E-state index in [4.69, 9.17) is 0 Å². The van der Waals surface area contributed by atoms with Crippen molar-refractivity contribution in [3.05, 3.63) is 35.8 Å². The van der Waals surface area contributed by atoms with Crippen LogP contribution in [0.2, 0.25) is 0 Å². The van der Waals surface area contributed by atoms with Gasteiger partial charge in [0.1, 0.15) is 11.2 Å². The van der Waals surface area contributed by atoms with Crippen molar-refractivity contribution in [3.8, 4) is 0 Å². The molecule has 0 bridgehead atoms. The van der Waals surface area contributed by atoms with Crippen LogP contribution in [0.3, 0.4) is 0 Å². The van der Waals surface area contributed by atoms with E-state index >= 15 is 0 Å². The quantitative estimate of drug-likeness (QED) is 0.906. The highest BCUT2D eigenvalue weighted by Gasteiger charge is 2.58. The average Bonchev–Trinajstić information content (AvgIpc) is 3.17. The maximum Gasteiger partial charge on any atom is 0.313 e. The third kappa shape index (κ3) is 2.49. The summed E-state index contributed by atoms with van der Waals surface area (Å²) in [6.07, 6.45) is 0. The van der Waals surface area contributed by atoms with E-state index in [0.717, 1.165) is 16.6 Å². The smallest absolute Gasteiger partial charge is 0.313 e. The van der Waals surface area contributed by atoms with Crippen LogP contribution in [-0.4, -0.2) is 57.5 Å².